The fraction of sp³-hybridized carbons (Fsp3) is 0.0952. The van der Waals surface area contributed by atoms with Crippen molar-refractivity contribution in [3.05, 3.63) is 93.0 Å². The van der Waals surface area contributed by atoms with Gasteiger partial charge in [0.25, 0.3) is 10.9 Å². The zero-order chi connectivity index (χ0) is 18.1. The molecule has 1 heterocycles. The third-order valence-corrected chi connectivity index (χ3v) is 4.51. The molecule has 0 saturated carbocycles. The van der Waals surface area contributed by atoms with E-state index in [0.717, 1.165) is 16.3 Å². The van der Waals surface area contributed by atoms with Crippen LogP contribution in [0.5, 0.6) is 0 Å². The fourth-order valence-electron chi connectivity index (χ4n) is 3.15. The van der Waals surface area contributed by atoms with Crippen LogP contribution in [0.15, 0.2) is 76.6 Å². The molecule has 1 unspecified atom stereocenters. The number of nitrogens with zero attached hydrogens (tertiary/aromatic N) is 1. The highest BCUT2D eigenvalue weighted by atomic mass is 16.2. The lowest BCUT2D eigenvalue weighted by Gasteiger charge is -2.21. The van der Waals surface area contributed by atoms with Crippen LogP contribution in [0.3, 0.4) is 0 Å². The van der Waals surface area contributed by atoms with Crippen LogP contribution in [0, 0.1) is 0 Å². The van der Waals surface area contributed by atoms with Crippen molar-refractivity contribution in [3.63, 3.8) is 0 Å². The maximum absolute atomic E-state index is 12.1. The first-order chi connectivity index (χ1) is 12.6. The lowest BCUT2D eigenvalue weighted by molar-refractivity contribution is 0.889. The van der Waals surface area contributed by atoms with Gasteiger partial charge in [-0.3, -0.25) is 14.6 Å². The lowest BCUT2D eigenvalue weighted by Crippen LogP contribution is -2.37. The molecule has 5 nitrogen and oxygen atoms in total. The normalized spacial score (nSPS) is 12.2. The first-order valence-electron chi connectivity index (χ1n) is 8.39. The highest BCUT2D eigenvalue weighted by molar-refractivity contribution is 5.87. The summed E-state index contributed by atoms with van der Waals surface area (Å²) in [5.41, 5.74) is 1.42. The molecule has 0 spiro atoms. The average molecular weight is 343 g/mol. The summed E-state index contributed by atoms with van der Waals surface area (Å²) in [6.07, 6.45) is 3.25. The van der Waals surface area contributed by atoms with E-state index in [1.54, 1.807) is 24.5 Å². The van der Waals surface area contributed by atoms with E-state index in [0.29, 0.717) is 17.1 Å². The summed E-state index contributed by atoms with van der Waals surface area (Å²) in [7, 11) is 0. The standard InChI is InChI=1S/C21H17N3O2/c1-13(16-8-4-6-14-5-2-3-7-17(14)16)23-18-19(21(26)20(18)25)24-15-9-11-22-12-10-15/h2-13,23H,1H3,(H,22,24). The van der Waals surface area contributed by atoms with Gasteiger partial charge >= 0.3 is 0 Å². The van der Waals surface area contributed by atoms with E-state index in [1.165, 1.54) is 0 Å². The Kier molecular flexibility index (Phi) is 3.97. The molecular weight excluding hydrogens is 326 g/mol. The Hall–Kier alpha value is -3.47. The second kappa shape index (κ2) is 6.44. The molecule has 0 aliphatic heterocycles. The zero-order valence-corrected chi connectivity index (χ0v) is 14.2. The number of nitrogens with one attached hydrogen (secondary N) is 2. The molecule has 0 bridgehead atoms. The van der Waals surface area contributed by atoms with Crippen LogP contribution >= 0.6 is 0 Å². The van der Waals surface area contributed by atoms with Gasteiger partial charge in [-0.05, 0) is 35.4 Å². The summed E-state index contributed by atoms with van der Waals surface area (Å²) in [4.78, 5) is 28.0. The quantitative estimate of drug-likeness (QED) is 0.540. The summed E-state index contributed by atoms with van der Waals surface area (Å²) in [5, 5.41) is 8.48. The van der Waals surface area contributed by atoms with E-state index in [1.807, 2.05) is 31.2 Å². The summed E-state index contributed by atoms with van der Waals surface area (Å²) in [6.45, 7) is 1.98. The van der Waals surface area contributed by atoms with Crippen LogP contribution in [-0.4, -0.2) is 4.98 Å². The van der Waals surface area contributed by atoms with Crippen LogP contribution in [0.2, 0.25) is 0 Å². The van der Waals surface area contributed by atoms with Gasteiger partial charge in [-0.25, -0.2) is 0 Å². The van der Waals surface area contributed by atoms with E-state index in [2.05, 4.69) is 33.8 Å². The minimum absolute atomic E-state index is 0.123. The van der Waals surface area contributed by atoms with Crippen molar-refractivity contribution in [2.45, 2.75) is 13.0 Å². The Balaban J connectivity index is 1.64. The molecule has 128 valence electrons. The number of aromatic nitrogens is 1. The molecule has 0 amide bonds. The van der Waals surface area contributed by atoms with Crippen molar-refractivity contribution in [2.75, 3.05) is 10.6 Å². The minimum Gasteiger partial charge on any atom is -0.373 e. The molecule has 0 radical (unpaired) electrons. The smallest absolute Gasteiger partial charge is 0.253 e. The molecule has 0 saturated heterocycles. The number of fused-ring (bicyclic) bond motifs is 1. The predicted octanol–water partition coefficient (Wildman–Crippen LogP) is 3.75. The monoisotopic (exact) mass is 343 g/mol. The molecule has 3 aromatic carbocycles. The van der Waals surface area contributed by atoms with Crippen molar-refractivity contribution in [1.82, 2.24) is 4.98 Å². The van der Waals surface area contributed by atoms with Crippen molar-refractivity contribution in [2.24, 2.45) is 0 Å². The van der Waals surface area contributed by atoms with Crippen LogP contribution in [-0.2, 0) is 0 Å². The molecule has 0 fully saturated rings. The number of anilines is 3. The Morgan fingerprint density at radius 1 is 0.846 bits per heavy atom. The van der Waals surface area contributed by atoms with E-state index >= 15 is 0 Å². The minimum atomic E-state index is -0.505. The largest absolute Gasteiger partial charge is 0.373 e. The second-order valence-corrected chi connectivity index (χ2v) is 6.20. The second-order valence-electron chi connectivity index (χ2n) is 6.20. The Morgan fingerprint density at radius 2 is 1.54 bits per heavy atom. The zero-order valence-electron chi connectivity index (χ0n) is 14.2. The van der Waals surface area contributed by atoms with Crippen molar-refractivity contribution >= 4 is 27.8 Å². The van der Waals surface area contributed by atoms with E-state index < -0.39 is 10.9 Å². The first kappa shape index (κ1) is 16.0. The molecule has 1 aromatic heterocycles. The number of pyridine rings is 1. The van der Waals surface area contributed by atoms with Gasteiger partial charge in [0, 0.05) is 24.1 Å². The van der Waals surface area contributed by atoms with E-state index in [4.69, 9.17) is 0 Å². The van der Waals surface area contributed by atoms with Crippen LogP contribution in [0.4, 0.5) is 17.1 Å². The van der Waals surface area contributed by atoms with Gasteiger partial charge in [-0.2, -0.15) is 0 Å². The summed E-state index contributed by atoms with van der Waals surface area (Å²) in [5.74, 6) is 0. The number of benzene rings is 2. The van der Waals surface area contributed by atoms with E-state index in [-0.39, 0.29) is 6.04 Å². The van der Waals surface area contributed by atoms with Gasteiger partial charge in [0.2, 0.25) is 0 Å². The molecule has 1 atom stereocenters. The lowest BCUT2D eigenvalue weighted by atomic mass is 9.99. The number of rotatable bonds is 5. The van der Waals surface area contributed by atoms with Crippen molar-refractivity contribution < 1.29 is 0 Å². The number of hydrogen-bond acceptors (Lipinski definition) is 5. The van der Waals surface area contributed by atoms with E-state index in [9.17, 15) is 9.59 Å². The third-order valence-electron chi connectivity index (χ3n) is 4.51. The van der Waals surface area contributed by atoms with Gasteiger partial charge < -0.3 is 10.6 Å². The fourth-order valence-corrected chi connectivity index (χ4v) is 3.15. The first-order valence-corrected chi connectivity index (χ1v) is 8.39. The molecule has 2 N–H and O–H groups in total. The van der Waals surface area contributed by atoms with Crippen LogP contribution in [0.25, 0.3) is 10.8 Å². The number of hydrogen-bond donors (Lipinski definition) is 2. The molecule has 0 aliphatic rings. The van der Waals surface area contributed by atoms with Gasteiger partial charge in [0.1, 0.15) is 11.4 Å². The SMILES string of the molecule is CC(Nc1c(Nc2ccncc2)c(=O)c1=O)c1cccc2ccccc12. The van der Waals surface area contributed by atoms with Gasteiger partial charge in [0.15, 0.2) is 0 Å². The average Bonchev–Trinajstić information content (AvgIpc) is 2.70. The molecule has 0 aliphatic carbocycles. The molecule has 5 heteroatoms. The van der Waals surface area contributed by atoms with Gasteiger partial charge in [0.05, 0.1) is 0 Å². The van der Waals surface area contributed by atoms with Crippen LogP contribution in [0.1, 0.15) is 18.5 Å². The third kappa shape index (κ3) is 2.73. The molecule has 4 aromatic rings. The van der Waals surface area contributed by atoms with Crippen LogP contribution < -0.4 is 21.5 Å². The highest BCUT2D eigenvalue weighted by Crippen LogP contribution is 2.29. The molecule has 4 rings (SSSR count). The molecular formula is C21H17N3O2. The predicted molar refractivity (Wildman–Crippen MR) is 105 cm³/mol. The summed E-state index contributed by atoms with van der Waals surface area (Å²) < 4.78 is 0. The Bertz CT molecular complexity index is 1140. The van der Waals surface area contributed by atoms with Crippen molar-refractivity contribution in [3.8, 4) is 0 Å². The Labute approximate surface area is 150 Å². The van der Waals surface area contributed by atoms with Crippen molar-refractivity contribution in [1.29, 1.82) is 0 Å². The highest BCUT2D eigenvalue weighted by Gasteiger charge is 2.23. The Morgan fingerprint density at radius 3 is 2.35 bits per heavy atom. The maximum atomic E-state index is 12.1. The van der Waals surface area contributed by atoms with Gasteiger partial charge in [-0.15, -0.1) is 0 Å². The summed E-state index contributed by atoms with van der Waals surface area (Å²) >= 11 is 0. The van der Waals surface area contributed by atoms with Gasteiger partial charge in [-0.1, -0.05) is 42.5 Å². The maximum Gasteiger partial charge on any atom is 0.253 e. The molecule has 26 heavy (non-hydrogen) atoms. The topological polar surface area (TPSA) is 71.1 Å². The summed E-state index contributed by atoms with van der Waals surface area (Å²) in [6, 6.07) is 17.5.